The van der Waals surface area contributed by atoms with Crippen LogP contribution in [0.25, 0.3) is 0 Å². The molecular weight excluding hydrogens is 374 g/mol. The second kappa shape index (κ2) is 8.73. The monoisotopic (exact) mass is 403 g/mol. The summed E-state index contributed by atoms with van der Waals surface area (Å²) in [6.07, 6.45) is 5.84. The third kappa shape index (κ3) is 3.99. The van der Waals surface area contributed by atoms with Gasteiger partial charge in [0.2, 0.25) is 5.91 Å². The Morgan fingerprint density at radius 2 is 2.10 bits per heavy atom. The summed E-state index contributed by atoms with van der Waals surface area (Å²) in [4.78, 5) is 24.1. The number of aliphatic imine (C=N–C) groups is 2. The van der Waals surface area contributed by atoms with Gasteiger partial charge in [0.05, 0.1) is 31.3 Å². The van der Waals surface area contributed by atoms with Crippen molar-refractivity contribution in [1.29, 1.82) is 0 Å². The van der Waals surface area contributed by atoms with Crippen LogP contribution in [0.15, 0.2) is 26.9 Å². The highest BCUT2D eigenvalue weighted by atomic mass is 16.5. The molecule has 4 heterocycles. The first-order valence-corrected chi connectivity index (χ1v) is 10.1. The highest BCUT2D eigenvalue weighted by Gasteiger charge is 2.42. The number of hydrazone groups is 1. The number of carbonyl (C=O) groups is 1. The van der Waals surface area contributed by atoms with E-state index in [2.05, 4.69) is 16.2 Å². The van der Waals surface area contributed by atoms with Gasteiger partial charge in [-0.25, -0.2) is 0 Å². The Labute approximate surface area is 171 Å². The van der Waals surface area contributed by atoms with Crippen molar-refractivity contribution in [3.05, 3.63) is 11.8 Å². The molecule has 0 aliphatic carbocycles. The summed E-state index contributed by atoms with van der Waals surface area (Å²) in [6, 6.07) is 0. The highest BCUT2D eigenvalue weighted by molar-refractivity contribution is 6.18. The number of nitrogens with zero attached hydrogens (tertiary/aromatic N) is 5. The Morgan fingerprint density at radius 1 is 1.24 bits per heavy atom. The lowest BCUT2D eigenvalue weighted by Gasteiger charge is -2.30. The Kier molecular flexibility index (Phi) is 6.07. The number of fused-ring (bicyclic) bond motifs is 1. The average Bonchev–Trinajstić information content (AvgIpc) is 3.35. The molecule has 9 nitrogen and oxygen atoms in total. The van der Waals surface area contributed by atoms with E-state index in [1.165, 1.54) is 0 Å². The third-order valence-electron chi connectivity index (χ3n) is 5.98. The topological polar surface area (TPSA) is 88.3 Å². The first kappa shape index (κ1) is 20.2. The van der Waals surface area contributed by atoms with Crippen LogP contribution in [0.4, 0.5) is 0 Å². The number of rotatable bonds is 6. The van der Waals surface area contributed by atoms with Crippen molar-refractivity contribution in [3.8, 4) is 0 Å². The zero-order valence-corrected chi connectivity index (χ0v) is 17.3. The number of amides is 1. The van der Waals surface area contributed by atoms with E-state index >= 15 is 0 Å². The van der Waals surface area contributed by atoms with Crippen LogP contribution in [-0.4, -0.2) is 93.5 Å². The second-order valence-corrected chi connectivity index (χ2v) is 7.70. The summed E-state index contributed by atoms with van der Waals surface area (Å²) < 4.78 is 16.0. The lowest BCUT2D eigenvalue weighted by Crippen LogP contribution is -2.36. The van der Waals surface area contributed by atoms with Crippen molar-refractivity contribution < 1.29 is 19.0 Å². The average molecular weight is 403 g/mol. The summed E-state index contributed by atoms with van der Waals surface area (Å²) in [5.74, 6) is 0.863. The maximum atomic E-state index is 12.9. The Bertz CT molecular complexity index is 762. The lowest BCUT2D eigenvalue weighted by molar-refractivity contribution is -0.127. The van der Waals surface area contributed by atoms with Crippen molar-refractivity contribution >= 4 is 23.7 Å². The summed E-state index contributed by atoms with van der Waals surface area (Å²) in [7, 11) is 5.00. The first-order chi connectivity index (χ1) is 14.1. The molecular formula is C20H29N5O4. The van der Waals surface area contributed by atoms with E-state index in [1.54, 1.807) is 26.2 Å². The van der Waals surface area contributed by atoms with Gasteiger partial charge in [0, 0.05) is 52.1 Å². The molecule has 4 aliphatic heterocycles. The van der Waals surface area contributed by atoms with Crippen LogP contribution in [0.1, 0.15) is 19.3 Å². The highest BCUT2D eigenvalue weighted by Crippen LogP contribution is 2.33. The normalized spacial score (nSPS) is 31.7. The fraction of sp³-hybridized carbons (Fsp3) is 0.700. The molecule has 1 fully saturated rings. The van der Waals surface area contributed by atoms with Gasteiger partial charge in [-0.3, -0.25) is 24.7 Å². The van der Waals surface area contributed by atoms with Gasteiger partial charge >= 0.3 is 0 Å². The SMILES string of the molecule is COCCN1CCC(N2CC3=NC(C4C=NC(OC)C(OC)C4)=CCC3C2=O)=N1. The second-order valence-electron chi connectivity index (χ2n) is 7.70. The van der Waals surface area contributed by atoms with Crippen LogP contribution in [-0.2, 0) is 19.0 Å². The van der Waals surface area contributed by atoms with Crippen molar-refractivity contribution in [2.24, 2.45) is 26.9 Å². The molecule has 4 rings (SSSR count). The van der Waals surface area contributed by atoms with Crippen LogP contribution >= 0.6 is 0 Å². The fourth-order valence-corrected chi connectivity index (χ4v) is 4.31. The molecule has 4 atom stereocenters. The van der Waals surface area contributed by atoms with E-state index in [9.17, 15) is 4.79 Å². The Balaban J connectivity index is 1.45. The Hall–Kier alpha value is -2.10. The molecule has 0 aromatic rings. The molecule has 0 spiro atoms. The van der Waals surface area contributed by atoms with E-state index < -0.39 is 0 Å². The van der Waals surface area contributed by atoms with Crippen molar-refractivity contribution in [1.82, 2.24) is 9.91 Å². The number of methoxy groups -OCH3 is 3. The number of likely N-dealkylation sites (tertiary alicyclic amines) is 1. The molecule has 0 aromatic carbocycles. The predicted octanol–water partition coefficient (Wildman–Crippen LogP) is 0.917. The molecule has 0 radical (unpaired) electrons. The van der Waals surface area contributed by atoms with Crippen LogP contribution in [0.2, 0.25) is 0 Å². The van der Waals surface area contributed by atoms with Crippen molar-refractivity contribution in [2.45, 2.75) is 31.6 Å². The van der Waals surface area contributed by atoms with Crippen LogP contribution < -0.4 is 0 Å². The van der Waals surface area contributed by atoms with Crippen LogP contribution in [0, 0.1) is 11.8 Å². The molecule has 4 unspecified atom stereocenters. The number of amidine groups is 1. The molecule has 29 heavy (non-hydrogen) atoms. The third-order valence-corrected chi connectivity index (χ3v) is 5.98. The number of ether oxygens (including phenoxy) is 3. The minimum atomic E-state index is -0.272. The molecule has 0 N–H and O–H groups in total. The molecule has 158 valence electrons. The maximum absolute atomic E-state index is 12.9. The predicted molar refractivity (Wildman–Crippen MR) is 109 cm³/mol. The summed E-state index contributed by atoms with van der Waals surface area (Å²) in [5.41, 5.74) is 1.91. The van der Waals surface area contributed by atoms with Gasteiger partial charge in [-0.05, 0) is 12.8 Å². The molecule has 4 aliphatic rings. The molecule has 0 bridgehead atoms. The van der Waals surface area contributed by atoms with Gasteiger partial charge < -0.3 is 14.2 Å². The molecule has 0 saturated carbocycles. The maximum Gasteiger partial charge on any atom is 0.237 e. The molecule has 0 aromatic heterocycles. The zero-order valence-electron chi connectivity index (χ0n) is 17.3. The zero-order chi connectivity index (χ0) is 20.4. The van der Waals surface area contributed by atoms with Gasteiger partial charge in [0.15, 0.2) is 6.23 Å². The number of carbonyl (C=O) groups excluding carboxylic acids is 1. The number of allylic oxidation sites excluding steroid dienone is 2. The summed E-state index contributed by atoms with van der Waals surface area (Å²) in [5, 5.41) is 6.58. The first-order valence-electron chi connectivity index (χ1n) is 10.1. The number of hydrogen-bond donors (Lipinski definition) is 0. The fourth-order valence-electron chi connectivity index (χ4n) is 4.31. The van der Waals surface area contributed by atoms with Gasteiger partial charge in [0.1, 0.15) is 11.9 Å². The lowest BCUT2D eigenvalue weighted by atomic mass is 9.90. The van der Waals surface area contributed by atoms with Crippen LogP contribution in [0.5, 0.6) is 0 Å². The smallest absolute Gasteiger partial charge is 0.237 e. The Morgan fingerprint density at radius 3 is 2.86 bits per heavy atom. The van der Waals surface area contributed by atoms with E-state index in [0.717, 1.165) is 43.2 Å². The van der Waals surface area contributed by atoms with Gasteiger partial charge in [0.25, 0.3) is 0 Å². The van der Waals surface area contributed by atoms with Crippen molar-refractivity contribution in [2.75, 3.05) is 47.6 Å². The largest absolute Gasteiger partial charge is 0.383 e. The van der Waals surface area contributed by atoms with Gasteiger partial charge in [-0.2, -0.15) is 5.10 Å². The van der Waals surface area contributed by atoms with Gasteiger partial charge in [-0.15, -0.1) is 0 Å². The molecule has 9 heteroatoms. The van der Waals surface area contributed by atoms with Crippen molar-refractivity contribution in [3.63, 3.8) is 0 Å². The minimum Gasteiger partial charge on any atom is -0.383 e. The van der Waals surface area contributed by atoms with Crippen LogP contribution in [0.3, 0.4) is 0 Å². The minimum absolute atomic E-state index is 0.0808. The van der Waals surface area contributed by atoms with Gasteiger partial charge in [-0.1, -0.05) is 6.08 Å². The summed E-state index contributed by atoms with van der Waals surface area (Å²) in [6.45, 7) is 2.71. The summed E-state index contributed by atoms with van der Waals surface area (Å²) >= 11 is 0. The quantitative estimate of drug-likeness (QED) is 0.658. The molecule has 1 saturated heterocycles. The van der Waals surface area contributed by atoms with E-state index in [0.29, 0.717) is 19.6 Å². The van der Waals surface area contributed by atoms with E-state index in [-0.39, 0.29) is 30.1 Å². The van der Waals surface area contributed by atoms with E-state index in [4.69, 9.17) is 19.2 Å². The number of hydrogen-bond acceptors (Lipinski definition) is 8. The molecule has 1 amide bonds. The van der Waals surface area contributed by atoms with E-state index in [1.807, 2.05) is 11.2 Å². The standard InChI is InChI=1S/C20H29N5O4/c1-27-9-8-24-7-6-18(23-24)25-12-16-14(20(25)26)4-5-15(22-16)13-10-17(28-2)19(29-3)21-11-13/h5,11,13-14,17,19H,4,6-10,12H2,1-3H3.